The van der Waals surface area contributed by atoms with Gasteiger partial charge in [-0.3, -0.25) is 0 Å². The van der Waals surface area contributed by atoms with Gasteiger partial charge in [-0.2, -0.15) is 0 Å². The van der Waals surface area contributed by atoms with Crippen LogP contribution in [0.25, 0.3) is 5.69 Å². The Bertz CT molecular complexity index is 932. The van der Waals surface area contributed by atoms with Crippen molar-refractivity contribution in [1.82, 2.24) is 9.78 Å². The fourth-order valence-corrected chi connectivity index (χ4v) is 5.30. The molecule has 0 saturated heterocycles. The van der Waals surface area contributed by atoms with E-state index in [1.54, 1.807) is 16.8 Å². The van der Waals surface area contributed by atoms with Gasteiger partial charge in [0, 0.05) is 15.8 Å². The summed E-state index contributed by atoms with van der Waals surface area (Å²) >= 11 is 32.7. The van der Waals surface area contributed by atoms with Gasteiger partial charge in [-0.1, -0.05) is 75.6 Å². The number of hydrogen-bond acceptors (Lipinski definition) is 4. The van der Waals surface area contributed by atoms with Crippen LogP contribution in [0.4, 0.5) is 0 Å². The Kier molecular flexibility index (Phi) is 6.14. The second-order valence-electron chi connectivity index (χ2n) is 4.63. The van der Waals surface area contributed by atoms with Crippen molar-refractivity contribution in [3.05, 3.63) is 66.0 Å². The van der Waals surface area contributed by atoms with Crippen LogP contribution in [0.1, 0.15) is 5.56 Å². The van der Waals surface area contributed by atoms with Crippen molar-refractivity contribution in [3.63, 3.8) is 0 Å². The zero-order valence-corrected chi connectivity index (χ0v) is 17.3. The Morgan fingerprint density at radius 2 is 1.71 bits per heavy atom. The molecular weight excluding hydrogens is 446 g/mol. The summed E-state index contributed by atoms with van der Waals surface area (Å²) in [6, 6.07) is 10.7. The van der Waals surface area contributed by atoms with Gasteiger partial charge < -0.3 is 0 Å². The van der Waals surface area contributed by atoms with E-state index in [0.29, 0.717) is 29.8 Å². The molecule has 124 valence electrons. The van der Waals surface area contributed by atoms with Crippen molar-refractivity contribution in [1.29, 1.82) is 0 Å². The molecule has 3 rings (SSSR count). The first kappa shape index (κ1) is 18.5. The molecule has 0 saturated carbocycles. The van der Waals surface area contributed by atoms with Crippen LogP contribution in [0.3, 0.4) is 0 Å². The highest BCUT2D eigenvalue weighted by molar-refractivity contribution is 8.00. The third kappa shape index (κ3) is 4.10. The predicted octanol–water partition coefficient (Wildman–Crippen LogP) is 7.57. The zero-order chi connectivity index (χ0) is 17.3. The molecule has 24 heavy (non-hydrogen) atoms. The molecule has 2 aromatic carbocycles. The molecule has 3 aromatic rings. The Hall–Kier alpha value is -0.270. The van der Waals surface area contributed by atoms with E-state index in [4.69, 9.17) is 58.6 Å². The molecule has 1 aromatic heterocycles. The van der Waals surface area contributed by atoms with E-state index in [1.807, 2.05) is 24.3 Å². The molecule has 0 amide bonds. The van der Waals surface area contributed by atoms with Crippen LogP contribution in [0.5, 0.6) is 0 Å². The fraction of sp³-hybridized carbons (Fsp3) is 0.0667. The molecular formula is C15H8Cl4N2S3. The predicted molar refractivity (Wildman–Crippen MR) is 108 cm³/mol. The standard InChI is InChI=1S/C15H8Cl4N2S3/c16-10-2-1-3-11(17)9(10)7-23-14-20-21(15(22)24-14)8-4-5-12(18)13(19)6-8/h1-6H,7H2. The largest absolute Gasteiger partial charge is 0.211 e. The van der Waals surface area contributed by atoms with Crippen LogP contribution in [0.2, 0.25) is 20.1 Å². The number of hydrogen-bond donors (Lipinski definition) is 0. The molecule has 0 aliphatic heterocycles. The lowest BCUT2D eigenvalue weighted by atomic mass is 10.2. The van der Waals surface area contributed by atoms with E-state index in [1.165, 1.54) is 23.1 Å². The normalized spacial score (nSPS) is 11.0. The second-order valence-corrected chi connectivity index (χ2v) is 9.11. The van der Waals surface area contributed by atoms with Crippen molar-refractivity contribution in [2.75, 3.05) is 0 Å². The maximum Gasteiger partial charge on any atom is 0.184 e. The molecule has 0 spiro atoms. The van der Waals surface area contributed by atoms with Crippen molar-refractivity contribution in [2.24, 2.45) is 0 Å². The number of thioether (sulfide) groups is 1. The lowest BCUT2D eigenvalue weighted by Crippen LogP contribution is -1.96. The van der Waals surface area contributed by atoms with Crippen molar-refractivity contribution in [3.8, 4) is 5.69 Å². The van der Waals surface area contributed by atoms with Gasteiger partial charge in [0.25, 0.3) is 0 Å². The first-order valence-corrected chi connectivity index (χ1v) is 10.3. The van der Waals surface area contributed by atoms with Gasteiger partial charge in [0.2, 0.25) is 0 Å². The summed E-state index contributed by atoms with van der Waals surface area (Å²) in [6.45, 7) is 0. The zero-order valence-electron chi connectivity index (χ0n) is 11.8. The highest BCUT2D eigenvalue weighted by Gasteiger charge is 2.11. The average molecular weight is 454 g/mol. The van der Waals surface area contributed by atoms with E-state index >= 15 is 0 Å². The second kappa shape index (κ2) is 7.96. The molecule has 1 heterocycles. The highest BCUT2D eigenvalue weighted by Crippen LogP contribution is 2.33. The summed E-state index contributed by atoms with van der Waals surface area (Å²) in [6.07, 6.45) is 0. The van der Waals surface area contributed by atoms with Crippen LogP contribution in [0.15, 0.2) is 40.7 Å². The lowest BCUT2D eigenvalue weighted by molar-refractivity contribution is 0.829. The fourth-order valence-electron chi connectivity index (χ4n) is 1.90. The molecule has 0 radical (unpaired) electrons. The Morgan fingerprint density at radius 3 is 2.38 bits per heavy atom. The summed E-state index contributed by atoms with van der Waals surface area (Å²) < 4.78 is 3.11. The molecule has 2 nitrogen and oxygen atoms in total. The van der Waals surface area contributed by atoms with Gasteiger partial charge >= 0.3 is 0 Å². The number of nitrogens with zero attached hydrogens (tertiary/aromatic N) is 2. The molecule has 0 aliphatic carbocycles. The summed E-state index contributed by atoms with van der Waals surface area (Å²) in [5, 5.41) is 6.76. The summed E-state index contributed by atoms with van der Waals surface area (Å²) in [5.74, 6) is 0.613. The summed E-state index contributed by atoms with van der Waals surface area (Å²) in [5.41, 5.74) is 1.65. The average Bonchev–Trinajstić information content (AvgIpc) is 2.90. The number of halogens is 4. The third-order valence-corrected chi connectivity index (χ3v) is 6.92. The molecule has 9 heteroatoms. The lowest BCUT2D eigenvalue weighted by Gasteiger charge is -2.05. The number of aromatic nitrogens is 2. The van der Waals surface area contributed by atoms with Gasteiger partial charge in [0.1, 0.15) is 0 Å². The van der Waals surface area contributed by atoms with Gasteiger partial charge in [0.15, 0.2) is 8.29 Å². The minimum atomic E-state index is 0.459. The Labute approximate surface area is 172 Å². The maximum atomic E-state index is 6.19. The number of rotatable bonds is 4. The highest BCUT2D eigenvalue weighted by atomic mass is 35.5. The van der Waals surface area contributed by atoms with Crippen LogP contribution in [-0.2, 0) is 5.75 Å². The van der Waals surface area contributed by atoms with E-state index < -0.39 is 0 Å². The molecule has 0 aliphatic rings. The molecule has 0 fully saturated rings. The quantitative estimate of drug-likeness (QED) is 0.299. The SMILES string of the molecule is S=c1sc(SCc2c(Cl)cccc2Cl)nn1-c1ccc(Cl)c(Cl)c1. The topological polar surface area (TPSA) is 17.8 Å². The van der Waals surface area contributed by atoms with Gasteiger partial charge in [-0.15, -0.1) is 5.10 Å². The monoisotopic (exact) mass is 452 g/mol. The van der Waals surface area contributed by atoms with E-state index in [-0.39, 0.29) is 0 Å². The summed E-state index contributed by atoms with van der Waals surface area (Å²) in [7, 11) is 0. The smallest absolute Gasteiger partial charge is 0.184 e. The molecule has 0 N–H and O–H groups in total. The maximum absolute atomic E-state index is 6.19. The van der Waals surface area contributed by atoms with E-state index in [9.17, 15) is 0 Å². The Morgan fingerprint density at radius 1 is 1.00 bits per heavy atom. The van der Waals surface area contributed by atoms with Gasteiger partial charge in [-0.05, 0) is 48.1 Å². The van der Waals surface area contributed by atoms with Crippen LogP contribution in [0, 0.1) is 3.95 Å². The van der Waals surface area contributed by atoms with Crippen molar-refractivity contribution in [2.45, 2.75) is 10.1 Å². The first-order chi connectivity index (χ1) is 11.5. The third-order valence-electron chi connectivity index (χ3n) is 3.08. The molecule has 0 atom stereocenters. The van der Waals surface area contributed by atoms with Crippen LogP contribution >= 0.6 is 81.7 Å². The van der Waals surface area contributed by atoms with Gasteiger partial charge in [-0.25, -0.2) is 4.68 Å². The first-order valence-electron chi connectivity index (χ1n) is 6.57. The molecule has 0 unspecified atom stereocenters. The minimum absolute atomic E-state index is 0.459. The van der Waals surface area contributed by atoms with E-state index in [2.05, 4.69) is 5.10 Å². The summed E-state index contributed by atoms with van der Waals surface area (Å²) in [4.78, 5) is 0. The van der Waals surface area contributed by atoms with Crippen LogP contribution in [-0.4, -0.2) is 9.78 Å². The molecule has 0 bridgehead atoms. The van der Waals surface area contributed by atoms with Crippen LogP contribution < -0.4 is 0 Å². The minimum Gasteiger partial charge on any atom is -0.211 e. The van der Waals surface area contributed by atoms with Crippen molar-refractivity contribution >= 4 is 81.7 Å². The Balaban J connectivity index is 1.84. The van der Waals surface area contributed by atoms with Crippen molar-refractivity contribution < 1.29 is 0 Å². The van der Waals surface area contributed by atoms with Gasteiger partial charge in [0.05, 0.1) is 15.7 Å². The van der Waals surface area contributed by atoms with E-state index in [0.717, 1.165) is 15.6 Å². The number of benzene rings is 2.